The maximum absolute atomic E-state index is 5.23. The van der Waals surface area contributed by atoms with Gasteiger partial charge in [0.05, 0.1) is 7.11 Å². The minimum atomic E-state index is 0.874. The van der Waals surface area contributed by atoms with Crippen LogP contribution in [0.5, 0.6) is 5.75 Å². The van der Waals surface area contributed by atoms with Crippen molar-refractivity contribution in [2.75, 3.05) is 7.11 Å². The quantitative estimate of drug-likeness (QED) is 0.642. The molecular weight excluding hydrogens is 312 g/mol. The van der Waals surface area contributed by atoms with E-state index in [4.69, 9.17) is 4.74 Å². The summed E-state index contributed by atoms with van der Waals surface area (Å²) in [6.45, 7) is 0. The van der Waals surface area contributed by atoms with Crippen LogP contribution < -0.4 is 4.74 Å². The minimum absolute atomic E-state index is 0.874. The Labute approximate surface area is 127 Å². The molecule has 0 radical (unpaired) electrons. The molecule has 0 saturated heterocycles. The van der Waals surface area contributed by atoms with Gasteiger partial charge in [-0.05, 0) is 40.5 Å². The largest absolute Gasteiger partial charge is 0.497 e. The molecule has 0 fully saturated rings. The highest BCUT2D eigenvalue weighted by Gasteiger charge is 2.04. The molecule has 0 heterocycles. The lowest BCUT2D eigenvalue weighted by Gasteiger charge is -2.08. The van der Waals surface area contributed by atoms with E-state index in [0.717, 1.165) is 16.6 Å². The molecule has 0 N–H and O–H groups in total. The van der Waals surface area contributed by atoms with Gasteiger partial charge in [0.15, 0.2) is 0 Å². The molecule has 0 atom stereocenters. The van der Waals surface area contributed by atoms with Gasteiger partial charge in [-0.3, -0.25) is 0 Å². The molecule has 100 valence electrons. The van der Waals surface area contributed by atoms with Crippen molar-refractivity contribution in [3.8, 4) is 5.75 Å². The number of rotatable bonds is 3. The van der Waals surface area contributed by atoms with Gasteiger partial charge in [-0.2, -0.15) is 0 Å². The number of halogens is 1. The highest BCUT2D eigenvalue weighted by Crippen LogP contribution is 2.26. The first kappa shape index (κ1) is 13.2. The van der Waals surface area contributed by atoms with Gasteiger partial charge in [0, 0.05) is 4.47 Å². The lowest BCUT2D eigenvalue weighted by atomic mass is 10.0. The highest BCUT2D eigenvalue weighted by atomic mass is 79.9. The van der Waals surface area contributed by atoms with E-state index in [1.807, 2.05) is 12.1 Å². The van der Waals surface area contributed by atoms with E-state index in [1.165, 1.54) is 21.9 Å². The third-order valence-electron chi connectivity index (χ3n) is 3.47. The van der Waals surface area contributed by atoms with E-state index in [-0.39, 0.29) is 0 Å². The molecule has 0 amide bonds. The fraction of sp³-hybridized carbons (Fsp3) is 0.111. The summed E-state index contributed by atoms with van der Waals surface area (Å²) in [5, 5.41) is 2.57. The summed E-state index contributed by atoms with van der Waals surface area (Å²) in [4.78, 5) is 0. The van der Waals surface area contributed by atoms with Gasteiger partial charge in [-0.25, -0.2) is 0 Å². The summed E-state index contributed by atoms with van der Waals surface area (Å²) >= 11 is 3.62. The average molecular weight is 327 g/mol. The van der Waals surface area contributed by atoms with Crippen molar-refractivity contribution < 1.29 is 4.74 Å². The topological polar surface area (TPSA) is 9.23 Å². The van der Waals surface area contributed by atoms with Crippen molar-refractivity contribution in [1.82, 2.24) is 0 Å². The van der Waals surface area contributed by atoms with Crippen LogP contribution in [0.2, 0.25) is 0 Å². The van der Waals surface area contributed by atoms with Gasteiger partial charge in [-0.1, -0.05) is 64.5 Å². The number of hydrogen-bond donors (Lipinski definition) is 0. The SMILES string of the molecule is COc1ccc(Cc2ccc3ccccc3c2)c(Br)c1. The Balaban J connectivity index is 1.92. The van der Waals surface area contributed by atoms with Crippen LogP contribution in [0, 0.1) is 0 Å². The summed E-state index contributed by atoms with van der Waals surface area (Å²) in [5.74, 6) is 0.874. The standard InChI is InChI=1S/C18H15BrO/c1-20-17-9-8-16(18(19)12-17)11-13-6-7-14-4-2-3-5-15(14)10-13/h2-10,12H,11H2,1H3. The zero-order chi connectivity index (χ0) is 13.9. The molecule has 2 heteroatoms. The third kappa shape index (κ3) is 2.70. The Morgan fingerprint density at radius 3 is 2.45 bits per heavy atom. The molecule has 0 unspecified atom stereocenters. The summed E-state index contributed by atoms with van der Waals surface area (Å²) in [6, 6.07) is 21.2. The monoisotopic (exact) mass is 326 g/mol. The number of hydrogen-bond acceptors (Lipinski definition) is 1. The Kier molecular flexibility index (Phi) is 3.75. The minimum Gasteiger partial charge on any atom is -0.497 e. The van der Waals surface area contributed by atoms with Gasteiger partial charge in [0.2, 0.25) is 0 Å². The normalized spacial score (nSPS) is 10.7. The Morgan fingerprint density at radius 1 is 0.900 bits per heavy atom. The Morgan fingerprint density at radius 2 is 1.70 bits per heavy atom. The molecule has 0 bridgehead atoms. The molecule has 0 aliphatic rings. The molecular formula is C18H15BrO. The van der Waals surface area contributed by atoms with Crippen LogP contribution in [-0.2, 0) is 6.42 Å². The molecule has 3 aromatic rings. The van der Waals surface area contributed by atoms with Gasteiger partial charge in [0.1, 0.15) is 5.75 Å². The van der Waals surface area contributed by atoms with Crippen LogP contribution in [0.1, 0.15) is 11.1 Å². The molecule has 0 spiro atoms. The zero-order valence-electron chi connectivity index (χ0n) is 11.3. The summed E-state index contributed by atoms with van der Waals surface area (Å²) in [7, 11) is 1.69. The second kappa shape index (κ2) is 5.68. The van der Waals surface area contributed by atoms with Gasteiger partial charge in [-0.15, -0.1) is 0 Å². The van der Waals surface area contributed by atoms with Gasteiger partial charge in [0.25, 0.3) is 0 Å². The Bertz CT molecular complexity index is 749. The molecule has 3 rings (SSSR count). The maximum atomic E-state index is 5.23. The van der Waals surface area contributed by atoms with Crippen molar-refractivity contribution in [2.45, 2.75) is 6.42 Å². The van der Waals surface area contributed by atoms with Crippen molar-refractivity contribution in [2.24, 2.45) is 0 Å². The average Bonchev–Trinajstić information content (AvgIpc) is 2.49. The van der Waals surface area contributed by atoms with E-state index in [2.05, 4.69) is 64.5 Å². The zero-order valence-corrected chi connectivity index (χ0v) is 12.9. The summed E-state index contributed by atoms with van der Waals surface area (Å²) in [6.07, 6.45) is 0.912. The van der Waals surface area contributed by atoms with E-state index in [0.29, 0.717) is 0 Å². The molecule has 1 nitrogen and oxygen atoms in total. The smallest absolute Gasteiger partial charge is 0.120 e. The fourth-order valence-electron chi connectivity index (χ4n) is 2.37. The van der Waals surface area contributed by atoms with Gasteiger partial charge >= 0.3 is 0 Å². The summed E-state index contributed by atoms with van der Waals surface area (Å²) in [5.41, 5.74) is 2.58. The first-order valence-electron chi connectivity index (χ1n) is 6.56. The maximum Gasteiger partial charge on any atom is 0.120 e. The molecule has 0 aliphatic carbocycles. The van der Waals surface area contributed by atoms with Crippen molar-refractivity contribution >= 4 is 26.7 Å². The fourth-order valence-corrected chi connectivity index (χ4v) is 2.87. The number of ether oxygens (including phenoxy) is 1. The first-order valence-corrected chi connectivity index (χ1v) is 7.35. The number of benzene rings is 3. The molecule has 0 aromatic heterocycles. The van der Waals surface area contributed by atoms with Crippen molar-refractivity contribution in [1.29, 1.82) is 0 Å². The van der Waals surface area contributed by atoms with Crippen LogP contribution in [0.25, 0.3) is 10.8 Å². The predicted octanol–water partition coefficient (Wildman–Crippen LogP) is 5.20. The summed E-state index contributed by atoms with van der Waals surface area (Å²) < 4.78 is 6.32. The molecule has 20 heavy (non-hydrogen) atoms. The van der Waals surface area contributed by atoms with Crippen molar-refractivity contribution in [3.05, 3.63) is 76.3 Å². The molecule has 0 aliphatic heterocycles. The second-order valence-electron chi connectivity index (χ2n) is 4.82. The molecule has 0 saturated carbocycles. The predicted molar refractivity (Wildman–Crippen MR) is 87.4 cm³/mol. The van der Waals surface area contributed by atoms with Crippen LogP contribution in [0.3, 0.4) is 0 Å². The second-order valence-corrected chi connectivity index (χ2v) is 5.67. The first-order chi connectivity index (χ1) is 9.76. The van der Waals surface area contributed by atoms with Crippen LogP contribution in [0.15, 0.2) is 65.1 Å². The number of methoxy groups -OCH3 is 1. The van der Waals surface area contributed by atoms with Gasteiger partial charge < -0.3 is 4.74 Å². The third-order valence-corrected chi connectivity index (χ3v) is 4.21. The van der Waals surface area contributed by atoms with Crippen LogP contribution in [0.4, 0.5) is 0 Å². The van der Waals surface area contributed by atoms with Crippen LogP contribution >= 0.6 is 15.9 Å². The lowest BCUT2D eigenvalue weighted by Crippen LogP contribution is -1.91. The molecule has 3 aromatic carbocycles. The lowest BCUT2D eigenvalue weighted by molar-refractivity contribution is 0.414. The van der Waals surface area contributed by atoms with E-state index >= 15 is 0 Å². The van der Waals surface area contributed by atoms with E-state index < -0.39 is 0 Å². The highest BCUT2D eigenvalue weighted by molar-refractivity contribution is 9.10. The number of fused-ring (bicyclic) bond motifs is 1. The van der Waals surface area contributed by atoms with E-state index in [9.17, 15) is 0 Å². The van der Waals surface area contributed by atoms with Crippen LogP contribution in [-0.4, -0.2) is 7.11 Å². The van der Waals surface area contributed by atoms with E-state index in [1.54, 1.807) is 7.11 Å². The van der Waals surface area contributed by atoms with Crippen molar-refractivity contribution in [3.63, 3.8) is 0 Å². The Hall–Kier alpha value is -1.80.